The Hall–Kier alpha value is -0.773. The summed E-state index contributed by atoms with van der Waals surface area (Å²) in [6.07, 6.45) is -9.72. The molecule has 0 radical (unpaired) electrons. The first-order valence-electron chi connectivity index (χ1n) is 7.20. The molecule has 0 amide bonds. The van der Waals surface area contributed by atoms with Gasteiger partial charge >= 0.3 is 44.3 Å². The van der Waals surface area contributed by atoms with Gasteiger partial charge in [0.15, 0.2) is 0 Å². The molecule has 0 spiro atoms. The predicted molar refractivity (Wildman–Crippen MR) is 70.5 cm³/mol. The van der Waals surface area contributed by atoms with Crippen LogP contribution >= 0.6 is 0 Å². The van der Waals surface area contributed by atoms with Gasteiger partial charge in [0.05, 0.1) is 0 Å². The molecular formula is C12H15F13O2Si. The maximum absolute atomic E-state index is 13.7. The molecule has 0 bridgehead atoms. The highest BCUT2D eigenvalue weighted by atomic mass is 28.4. The van der Waals surface area contributed by atoms with E-state index in [0.29, 0.717) is 0 Å². The molecule has 28 heavy (non-hydrogen) atoms. The average Bonchev–Trinajstić information content (AvgIpc) is 2.54. The first-order valence-corrected chi connectivity index (χ1v) is 9.43. The van der Waals surface area contributed by atoms with Crippen molar-refractivity contribution < 1.29 is 65.9 Å². The highest BCUT2D eigenvalue weighted by Crippen LogP contribution is 2.60. The Bertz CT molecular complexity index is 520. The molecule has 0 saturated carbocycles. The van der Waals surface area contributed by atoms with Crippen LogP contribution in [0.25, 0.3) is 0 Å². The van der Waals surface area contributed by atoms with Crippen molar-refractivity contribution in [3.05, 3.63) is 0 Å². The molecule has 0 heterocycles. The number of alkyl halides is 13. The van der Waals surface area contributed by atoms with E-state index >= 15 is 0 Å². The van der Waals surface area contributed by atoms with Crippen LogP contribution < -0.4 is 0 Å². The summed E-state index contributed by atoms with van der Waals surface area (Å²) in [5, 5.41) is 0. The van der Waals surface area contributed by atoms with Gasteiger partial charge in [-0.05, 0) is 12.1 Å². The van der Waals surface area contributed by atoms with Crippen molar-refractivity contribution in [2.45, 2.75) is 61.2 Å². The van der Waals surface area contributed by atoms with Gasteiger partial charge in [0.25, 0.3) is 0 Å². The van der Waals surface area contributed by atoms with E-state index in [4.69, 9.17) is 8.85 Å². The van der Waals surface area contributed by atoms with Gasteiger partial charge in [-0.15, -0.1) is 0 Å². The smallest absolute Gasteiger partial charge is 0.398 e. The molecule has 2 nitrogen and oxygen atoms in total. The second-order valence-electron chi connectivity index (χ2n) is 5.67. The Balaban J connectivity index is 6.05. The minimum Gasteiger partial charge on any atom is -0.398 e. The molecular weight excluding hydrogens is 451 g/mol. The fourth-order valence-corrected chi connectivity index (χ4v) is 4.26. The van der Waals surface area contributed by atoms with E-state index in [1.165, 1.54) is 6.92 Å². The quantitative estimate of drug-likeness (QED) is 0.296. The molecule has 16 heteroatoms. The number of hydrogen-bond donors (Lipinski definition) is 0. The fraction of sp³-hybridized carbons (Fsp3) is 1.00. The van der Waals surface area contributed by atoms with Crippen LogP contribution in [0.4, 0.5) is 57.1 Å². The number of hydrogen-bond acceptors (Lipinski definition) is 2. The predicted octanol–water partition coefficient (Wildman–Crippen LogP) is 5.87. The van der Waals surface area contributed by atoms with Crippen molar-refractivity contribution in [2.75, 3.05) is 14.2 Å². The minimum atomic E-state index is -7.88. The molecule has 170 valence electrons. The molecule has 0 aromatic rings. The van der Waals surface area contributed by atoms with Gasteiger partial charge in [-0.2, -0.15) is 57.1 Å². The normalized spacial score (nSPS) is 15.9. The molecule has 0 aromatic heterocycles. The summed E-state index contributed by atoms with van der Waals surface area (Å²) in [6, 6.07) is -1.35. The van der Waals surface area contributed by atoms with Gasteiger partial charge in [0.2, 0.25) is 0 Å². The first kappa shape index (κ1) is 27.2. The van der Waals surface area contributed by atoms with E-state index in [0.717, 1.165) is 14.2 Å². The molecule has 0 fully saturated rings. The molecule has 0 aliphatic rings. The summed E-state index contributed by atoms with van der Waals surface area (Å²) < 4.78 is 178. The Morgan fingerprint density at radius 2 is 0.964 bits per heavy atom. The zero-order chi connectivity index (χ0) is 23.0. The van der Waals surface area contributed by atoms with Crippen molar-refractivity contribution in [3.8, 4) is 0 Å². The van der Waals surface area contributed by atoms with E-state index in [9.17, 15) is 57.1 Å². The lowest BCUT2D eigenvalue weighted by Crippen LogP contribution is -2.70. The summed E-state index contributed by atoms with van der Waals surface area (Å²) in [6.45, 7) is 1.28. The number of halogens is 13. The third-order valence-corrected chi connectivity index (χ3v) is 7.68. The molecule has 0 unspecified atom stereocenters. The Kier molecular flexibility index (Phi) is 7.59. The zero-order valence-corrected chi connectivity index (χ0v) is 15.4. The van der Waals surface area contributed by atoms with E-state index in [-0.39, 0.29) is 6.04 Å². The van der Waals surface area contributed by atoms with Crippen molar-refractivity contribution in [1.29, 1.82) is 0 Å². The van der Waals surface area contributed by atoms with Gasteiger partial charge < -0.3 is 8.85 Å². The summed E-state index contributed by atoms with van der Waals surface area (Å²) in [5.41, 5.74) is 0. The SMILES string of the molecule is CC[Si](CCC(F)(F)C(F)(F)C(F)(F)C(F)(F)C(F)(F)C(F)(F)F)(OC)OC. The van der Waals surface area contributed by atoms with Crippen molar-refractivity contribution in [3.63, 3.8) is 0 Å². The molecule has 0 atom stereocenters. The van der Waals surface area contributed by atoms with Crippen LogP contribution in [0.3, 0.4) is 0 Å². The second kappa shape index (κ2) is 7.81. The van der Waals surface area contributed by atoms with Crippen molar-refractivity contribution in [1.82, 2.24) is 0 Å². The van der Waals surface area contributed by atoms with Crippen LogP contribution in [0, 0.1) is 0 Å². The lowest BCUT2D eigenvalue weighted by Gasteiger charge is -2.40. The maximum Gasteiger partial charge on any atom is 0.460 e. The Morgan fingerprint density at radius 1 is 0.607 bits per heavy atom. The first-order chi connectivity index (χ1) is 12.1. The maximum atomic E-state index is 13.7. The third-order valence-electron chi connectivity index (χ3n) is 4.10. The highest BCUT2D eigenvalue weighted by molar-refractivity contribution is 6.67. The van der Waals surface area contributed by atoms with Gasteiger partial charge in [0.1, 0.15) is 0 Å². The number of rotatable bonds is 10. The topological polar surface area (TPSA) is 18.5 Å². The monoisotopic (exact) mass is 466 g/mol. The summed E-state index contributed by atoms with van der Waals surface area (Å²) >= 11 is 0. The van der Waals surface area contributed by atoms with E-state index in [1.807, 2.05) is 0 Å². The fourth-order valence-electron chi connectivity index (χ4n) is 2.06. The summed E-state index contributed by atoms with van der Waals surface area (Å²) in [4.78, 5) is 0. The molecule has 0 aromatic carbocycles. The molecule has 0 saturated heterocycles. The summed E-state index contributed by atoms with van der Waals surface area (Å²) in [5.74, 6) is -36.7. The van der Waals surface area contributed by atoms with Gasteiger partial charge in [0, 0.05) is 20.6 Å². The zero-order valence-electron chi connectivity index (χ0n) is 14.4. The molecule has 0 rings (SSSR count). The van der Waals surface area contributed by atoms with Crippen LogP contribution in [0.2, 0.25) is 12.1 Å². The van der Waals surface area contributed by atoms with E-state index < -0.39 is 56.8 Å². The standard InChI is InChI=1S/C12H15F13O2Si/c1-4-28(26-2,27-3)6-5-7(13,14)8(15,16)9(17,18)10(19,20)11(21,22)12(23,24)25/h4-6H2,1-3H3. The van der Waals surface area contributed by atoms with Crippen LogP contribution in [0.15, 0.2) is 0 Å². The Labute approximate surface area is 151 Å². The van der Waals surface area contributed by atoms with Gasteiger partial charge in [-0.3, -0.25) is 0 Å². The molecule has 0 aliphatic carbocycles. The van der Waals surface area contributed by atoms with Crippen molar-refractivity contribution in [2.24, 2.45) is 0 Å². The van der Waals surface area contributed by atoms with Gasteiger partial charge in [-0.25, -0.2) is 0 Å². The van der Waals surface area contributed by atoms with E-state index in [1.54, 1.807) is 0 Å². The van der Waals surface area contributed by atoms with Crippen LogP contribution in [-0.4, -0.2) is 58.6 Å². The van der Waals surface area contributed by atoms with Gasteiger partial charge in [-0.1, -0.05) is 6.92 Å². The van der Waals surface area contributed by atoms with Crippen LogP contribution in [-0.2, 0) is 8.85 Å². The van der Waals surface area contributed by atoms with Crippen molar-refractivity contribution >= 4 is 8.56 Å². The minimum absolute atomic E-state index is 0.180. The molecule has 0 N–H and O–H groups in total. The summed E-state index contributed by atoms with van der Waals surface area (Å²) in [7, 11) is -1.84. The van der Waals surface area contributed by atoms with E-state index in [2.05, 4.69) is 0 Å². The van der Waals surface area contributed by atoms with Crippen LogP contribution in [0.5, 0.6) is 0 Å². The molecule has 0 aliphatic heterocycles. The average molecular weight is 466 g/mol. The lowest BCUT2D eigenvalue weighted by molar-refractivity contribution is -0.440. The Morgan fingerprint density at radius 3 is 1.25 bits per heavy atom. The highest BCUT2D eigenvalue weighted by Gasteiger charge is 2.90. The second-order valence-corrected chi connectivity index (χ2v) is 9.52. The third kappa shape index (κ3) is 4.08. The largest absolute Gasteiger partial charge is 0.460 e. The van der Waals surface area contributed by atoms with Crippen LogP contribution in [0.1, 0.15) is 13.3 Å². The lowest BCUT2D eigenvalue weighted by atomic mass is 9.93.